The number of aliphatic hydroxyl groups is 1. The summed E-state index contributed by atoms with van der Waals surface area (Å²) in [7, 11) is 4.38. The molecule has 1 aliphatic rings. The van der Waals surface area contributed by atoms with Gasteiger partial charge in [0.15, 0.2) is 5.60 Å². The normalized spacial score (nSPS) is 17.4. The fraction of sp³-hybridized carbons (Fsp3) is 0.632. The maximum atomic E-state index is 11.4. The van der Waals surface area contributed by atoms with Crippen LogP contribution in [-0.2, 0) is 10.4 Å². The second-order valence-electron chi connectivity index (χ2n) is 6.73. The molecule has 1 aliphatic carbocycles. The van der Waals surface area contributed by atoms with Crippen LogP contribution in [0.2, 0.25) is 0 Å². The van der Waals surface area contributed by atoms with Crippen molar-refractivity contribution < 1.29 is 19.9 Å². The quantitative estimate of drug-likeness (QED) is 0.751. The number of carbonyl (C=O) groups is 1. The molecule has 1 fully saturated rings. The van der Waals surface area contributed by atoms with Gasteiger partial charge in [-0.25, -0.2) is 4.79 Å². The lowest BCUT2D eigenvalue weighted by atomic mass is 9.80. The van der Waals surface area contributed by atoms with Gasteiger partial charge in [0.05, 0.1) is 20.6 Å². The fourth-order valence-electron chi connectivity index (χ4n) is 3.10. The van der Waals surface area contributed by atoms with Crippen LogP contribution >= 0.6 is 0 Å². The SMILES string of the molecule is CCCC[NH+](C)C.O=C(O)C(O)(c1ccccc1)C1CCCC1. The molecule has 23 heavy (non-hydrogen) atoms. The van der Waals surface area contributed by atoms with E-state index in [1.54, 1.807) is 29.2 Å². The number of aliphatic carboxylic acids is 1. The number of hydrogen-bond acceptors (Lipinski definition) is 2. The molecule has 1 aromatic rings. The molecule has 1 atom stereocenters. The topological polar surface area (TPSA) is 62.0 Å². The molecule has 0 amide bonds. The predicted octanol–water partition coefficient (Wildman–Crippen LogP) is 2.08. The highest BCUT2D eigenvalue weighted by molar-refractivity contribution is 5.79. The Hall–Kier alpha value is -1.39. The van der Waals surface area contributed by atoms with Crippen LogP contribution in [0.5, 0.6) is 0 Å². The van der Waals surface area contributed by atoms with Crippen LogP contribution in [0.15, 0.2) is 30.3 Å². The van der Waals surface area contributed by atoms with E-state index in [1.165, 1.54) is 19.4 Å². The molecule has 0 aromatic heterocycles. The van der Waals surface area contributed by atoms with Crippen LogP contribution in [0.3, 0.4) is 0 Å². The van der Waals surface area contributed by atoms with Crippen molar-refractivity contribution in [1.82, 2.24) is 0 Å². The Kier molecular flexibility index (Phi) is 8.28. The van der Waals surface area contributed by atoms with Gasteiger partial charge in [-0.1, -0.05) is 56.5 Å². The first kappa shape index (κ1) is 19.7. The van der Waals surface area contributed by atoms with Crippen LogP contribution in [-0.4, -0.2) is 36.8 Å². The van der Waals surface area contributed by atoms with Gasteiger partial charge in [0.25, 0.3) is 0 Å². The fourth-order valence-corrected chi connectivity index (χ4v) is 3.10. The zero-order valence-corrected chi connectivity index (χ0v) is 14.7. The number of unbranched alkanes of at least 4 members (excludes halogenated alkanes) is 1. The number of nitrogens with one attached hydrogen (secondary N) is 1. The molecule has 3 N–H and O–H groups in total. The molecule has 1 saturated carbocycles. The third kappa shape index (κ3) is 5.63. The Morgan fingerprint density at radius 3 is 2.17 bits per heavy atom. The van der Waals surface area contributed by atoms with Gasteiger partial charge in [-0.3, -0.25) is 0 Å². The van der Waals surface area contributed by atoms with E-state index in [0.29, 0.717) is 5.56 Å². The lowest BCUT2D eigenvalue weighted by molar-refractivity contribution is -0.858. The van der Waals surface area contributed by atoms with Gasteiger partial charge in [-0.2, -0.15) is 0 Å². The molecule has 4 nitrogen and oxygen atoms in total. The van der Waals surface area contributed by atoms with Crippen molar-refractivity contribution in [2.24, 2.45) is 5.92 Å². The number of hydrogen-bond donors (Lipinski definition) is 3. The van der Waals surface area contributed by atoms with E-state index in [4.69, 9.17) is 0 Å². The van der Waals surface area contributed by atoms with Crippen molar-refractivity contribution in [3.63, 3.8) is 0 Å². The molecule has 0 heterocycles. The van der Waals surface area contributed by atoms with E-state index in [2.05, 4.69) is 21.0 Å². The van der Waals surface area contributed by atoms with E-state index < -0.39 is 11.6 Å². The molecule has 0 aliphatic heterocycles. The van der Waals surface area contributed by atoms with Gasteiger partial charge < -0.3 is 15.1 Å². The van der Waals surface area contributed by atoms with Crippen molar-refractivity contribution in [1.29, 1.82) is 0 Å². The highest BCUT2D eigenvalue weighted by Crippen LogP contribution is 2.40. The van der Waals surface area contributed by atoms with Crippen molar-refractivity contribution in [3.8, 4) is 0 Å². The average Bonchev–Trinajstić information content (AvgIpc) is 3.08. The number of carboxylic acid groups (broad SMARTS) is 1. The van der Waals surface area contributed by atoms with Gasteiger partial charge >= 0.3 is 5.97 Å². The lowest BCUT2D eigenvalue weighted by Gasteiger charge is -2.30. The zero-order valence-electron chi connectivity index (χ0n) is 14.7. The summed E-state index contributed by atoms with van der Waals surface area (Å²) >= 11 is 0. The van der Waals surface area contributed by atoms with Gasteiger partial charge in [-0.15, -0.1) is 0 Å². The molecule has 0 bridgehead atoms. The summed E-state index contributed by atoms with van der Waals surface area (Å²) in [4.78, 5) is 12.9. The van der Waals surface area contributed by atoms with Crippen LogP contribution in [0.25, 0.3) is 0 Å². The molecule has 0 radical (unpaired) electrons. The summed E-state index contributed by atoms with van der Waals surface area (Å²) in [5.41, 5.74) is -1.22. The second-order valence-corrected chi connectivity index (χ2v) is 6.73. The minimum absolute atomic E-state index is 0.160. The largest absolute Gasteiger partial charge is 0.479 e. The van der Waals surface area contributed by atoms with E-state index >= 15 is 0 Å². The summed E-state index contributed by atoms with van der Waals surface area (Å²) in [6.07, 6.45) is 6.28. The van der Waals surface area contributed by atoms with Crippen molar-refractivity contribution in [3.05, 3.63) is 35.9 Å². The minimum Gasteiger partial charge on any atom is -0.479 e. The van der Waals surface area contributed by atoms with E-state index in [9.17, 15) is 15.0 Å². The maximum absolute atomic E-state index is 11.4. The molecular weight excluding hydrogens is 290 g/mol. The smallest absolute Gasteiger partial charge is 0.340 e. The van der Waals surface area contributed by atoms with Gasteiger partial charge in [0, 0.05) is 5.92 Å². The highest BCUT2D eigenvalue weighted by Gasteiger charge is 2.46. The third-order valence-electron chi connectivity index (χ3n) is 4.52. The monoisotopic (exact) mass is 322 g/mol. The maximum Gasteiger partial charge on any atom is 0.340 e. The molecule has 1 aromatic carbocycles. The second kappa shape index (κ2) is 9.68. The van der Waals surface area contributed by atoms with Crippen molar-refractivity contribution >= 4 is 5.97 Å². The molecule has 2 rings (SSSR count). The molecule has 0 spiro atoms. The minimum atomic E-state index is -1.71. The van der Waals surface area contributed by atoms with Crippen molar-refractivity contribution in [2.75, 3.05) is 20.6 Å². The first-order chi connectivity index (χ1) is 10.9. The zero-order chi connectivity index (χ0) is 17.3. The van der Waals surface area contributed by atoms with E-state index in [0.717, 1.165) is 25.7 Å². The number of rotatable bonds is 6. The Bertz CT molecular complexity index is 455. The standard InChI is InChI=1S/C13H16O3.C6H15N/c14-12(15)13(16,11-8-4-5-9-11)10-6-2-1-3-7-10;1-4-5-6-7(2)3/h1-3,6-7,11,16H,4-5,8-9H2,(H,14,15);4-6H2,1-3H3/p+1. The Morgan fingerprint density at radius 2 is 1.78 bits per heavy atom. The number of quaternary nitrogens is 1. The third-order valence-corrected chi connectivity index (χ3v) is 4.52. The summed E-state index contributed by atoms with van der Waals surface area (Å²) in [6, 6.07) is 8.72. The van der Waals surface area contributed by atoms with Crippen LogP contribution in [0.4, 0.5) is 0 Å². The van der Waals surface area contributed by atoms with Crippen LogP contribution < -0.4 is 4.90 Å². The summed E-state index contributed by atoms with van der Waals surface area (Å²) in [5.74, 6) is -1.29. The molecule has 4 heteroatoms. The summed E-state index contributed by atoms with van der Waals surface area (Å²) < 4.78 is 0. The van der Waals surface area contributed by atoms with Crippen molar-refractivity contribution in [2.45, 2.75) is 51.0 Å². The molecule has 0 saturated heterocycles. The molecular formula is C19H32NO3+. The predicted molar refractivity (Wildman–Crippen MR) is 92.5 cm³/mol. The lowest BCUT2D eigenvalue weighted by Crippen LogP contribution is -3.05. The number of carboxylic acids is 1. The first-order valence-corrected chi connectivity index (χ1v) is 8.73. The summed E-state index contributed by atoms with van der Waals surface area (Å²) in [6.45, 7) is 3.54. The van der Waals surface area contributed by atoms with E-state index in [1.807, 2.05) is 6.07 Å². The highest BCUT2D eigenvalue weighted by atomic mass is 16.4. The van der Waals surface area contributed by atoms with Gasteiger partial charge in [-0.05, 0) is 24.8 Å². The molecule has 130 valence electrons. The Morgan fingerprint density at radius 1 is 1.22 bits per heavy atom. The summed E-state index contributed by atoms with van der Waals surface area (Å²) in [5, 5.41) is 19.8. The Balaban J connectivity index is 0.000000322. The molecule has 1 unspecified atom stereocenters. The van der Waals surface area contributed by atoms with Gasteiger partial charge in [0.1, 0.15) is 0 Å². The van der Waals surface area contributed by atoms with Gasteiger partial charge in [0.2, 0.25) is 0 Å². The average molecular weight is 322 g/mol. The first-order valence-electron chi connectivity index (χ1n) is 8.73. The number of benzene rings is 1. The Labute approximate surface area is 140 Å². The van der Waals surface area contributed by atoms with Crippen LogP contribution in [0, 0.1) is 5.92 Å². The van der Waals surface area contributed by atoms with Crippen LogP contribution in [0.1, 0.15) is 51.0 Å². The van der Waals surface area contributed by atoms with E-state index in [-0.39, 0.29) is 5.92 Å².